The summed E-state index contributed by atoms with van der Waals surface area (Å²) in [6.07, 6.45) is 0.379. The monoisotopic (exact) mass is 256 g/mol. The van der Waals surface area contributed by atoms with Gasteiger partial charge in [-0.2, -0.15) is 0 Å². The van der Waals surface area contributed by atoms with Crippen LogP contribution in [0, 0.1) is 12.8 Å². The Morgan fingerprint density at radius 1 is 1.61 bits per heavy atom. The number of rotatable bonds is 7. The van der Waals surface area contributed by atoms with Crippen molar-refractivity contribution in [2.45, 2.75) is 20.3 Å². The average molecular weight is 256 g/mol. The van der Waals surface area contributed by atoms with Crippen molar-refractivity contribution >= 4 is 11.9 Å². The van der Waals surface area contributed by atoms with E-state index < -0.39 is 11.9 Å². The van der Waals surface area contributed by atoms with Crippen LogP contribution in [0.15, 0.2) is 10.6 Å². The Kier molecular flexibility index (Phi) is 5.16. The molecule has 0 fully saturated rings. The zero-order valence-corrected chi connectivity index (χ0v) is 10.3. The van der Waals surface area contributed by atoms with Crippen LogP contribution in [0.2, 0.25) is 0 Å². The van der Waals surface area contributed by atoms with Gasteiger partial charge in [-0.25, -0.2) is 0 Å². The van der Waals surface area contributed by atoms with Crippen LogP contribution in [0.25, 0.3) is 0 Å². The molecule has 1 aromatic heterocycles. The molecule has 0 spiro atoms. The predicted octanol–water partition coefficient (Wildman–Crippen LogP) is 0.589. The molecule has 2 N–H and O–H groups in total. The molecular weight excluding hydrogens is 240 g/mol. The minimum atomic E-state index is -0.876. The summed E-state index contributed by atoms with van der Waals surface area (Å²) in [5, 5.41) is 14.8. The van der Waals surface area contributed by atoms with E-state index in [2.05, 4.69) is 10.5 Å². The second-order valence-electron chi connectivity index (χ2n) is 3.94. The van der Waals surface area contributed by atoms with Crippen molar-refractivity contribution in [3.8, 4) is 5.88 Å². The Balaban J connectivity index is 2.16. The number of aromatic nitrogens is 1. The van der Waals surface area contributed by atoms with Gasteiger partial charge in [0.25, 0.3) is 11.8 Å². The molecule has 1 aromatic rings. The molecule has 0 saturated heterocycles. The van der Waals surface area contributed by atoms with Gasteiger partial charge in [-0.15, -0.1) is 0 Å². The number of hydrogen-bond donors (Lipinski definition) is 2. The number of nitrogens with one attached hydrogen (secondary N) is 1. The predicted molar refractivity (Wildman–Crippen MR) is 61.2 cm³/mol. The molecule has 7 heteroatoms. The van der Waals surface area contributed by atoms with E-state index in [0.717, 1.165) is 0 Å². The summed E-state index contributed by atoms with van der Waals surface area (Å²) >= 11 is 0. The zero-order chi connectivity index (χ0) is 13.5. The fourth-order valence-corrected chi connectivity index (χ4v) is 1.15. The summed E-state index contributed by atoms with van der Waals surface area (Å²) < 4.78 is 9.82. The Morgan fingerprint density at radius 2 is 2.33 bits per heavy atom. The van der Waals surface area contributed by atoms with Crippen molar-refractivity contribution in [1.82, 2.24) is 10.5 Å². The molecule has 1 heterocycles. The summed E-state index contributed by atoms with van der Waals surface area (Å²) in [6.45, 7) is 3.43. The quantitative estimate of drug-likeness (QED) is 0.740. The lowest BCUT2D eigenvalue weighted by Crippen LogP contribution is -2.31. The summed E-state index contributed by atoms with van der Waals surface area (Å²) in [6, 6.07) is 1.57. The number of carbonyl (C=O) groups is 2. The first kappa shape index (κ1) is 14.0. The molecule has 18 heavy (non-hydrogen) atoms. The van der Waals surface area contributed by atoms with Crippen molar-refractivity contribution in [3.05, 3.63) is 11.8 Å². The van der Waals surface area contributed by atoms with Crippen LogP contribution in [-0.2, 0) is 9.59 Å². The molecule has 0 aliphatic heterocycles. The van der Waals surface area contributed by atoms with Crippen LogP contribution in [-0.4, -0.2) is 35.3 Å². The number of nitrogens with zero attached hydrogens (tertiary/aromatic N) is 1. The first-order valence-corrected chi connectivity index (χ1v) is 5.54. The van der Waals surface area contributed by atoms with Gasteiger partial charge in [0.1, 0.15) is 5.76 Å². The molecule has 0 saturated carbocycles. The SMILES string of the molecule is Cc1cc(OCC(=O)NCCC(C)C(=O)O)no1. The van der Waals surface area contributed by atoms with Gasteiger partial charge in [0.2, 0.25) is 0 Å². The fraction of sp³-hybridized carbons (Fsp3) is 0.545. The van der Waals surface area contributed by atoms with Crippen molar-refractivity contribution < 1.29 is 24.0 Å². The molecule has 7 nitrogen and oxygen atoms in total. The minimum Gasteiger partial charge on any atom is -0.481 e. The van der Waals surface area contributed by atoms with E-state index in [4.69, 9.17) is 14.4 Å². The smallest absolute Gasteiger partial charge is 0.306 e. The van der Waals surface area contributed by atoms with Gasteiger partial charge in [0.15, 0.2) is 6.61 Å². The average Bonchev–Trinajstić information content (AvgIpc) is 2.72. The third-order valence-corrected chi connectivity index (χ3v) is 2.28. The van der Waals surface area contributed by atoms with E-state index in [-0.39, 0.29) is 18.4 Å². The highest BCUT2D eigenvalue weighted by Gasteiger charge is 2.11. The number of carboxylic acid groups (broad SMARTS) is 1. The number of hydrogen-bond acceptors (Lipinski definition) is 5. The molecule has 100 valence electrons. The first-order valence-electron chi connectivity index (χ1n) is 5.54. The van der Waals surface area contributed by atoms with E-state index in [0.29, 0.717) is 18.7 Å². The second kappa shape index (κ2) is 6.63. The topological polar surface area (TPSA) is 102 Å². The summed E-state index contributed by atoms with van der Waals surface area (Å²) in [5.74, 6) is -0.835. The molecular formula is C11H16N2O5. The standard InChI is InChI=1S/C11H16N2O5/c1-7(11(15)16)3-4-12-9(14)6-17-10-5-8(2)18-13-10/h5,7H,3-4,6H2,1-2H3,(H,12,14)(H,15,16). The van der Waals surface area contributed by atoms with Gasteiger partial charge in [-0.3, -0.25) is 9.59 Å². The van der Waals surface area contributed by atoms with Gasteiger partial charge in [0.05, 0.1) is 5.92 Å². The molecule has 1 unspecified atom stereocenters. The lowest BCUT2D eigenvalue weighted by Gasteiger charge is -2.07. The van der Waals surface area contributed by atoms with Crippen molar-refractivity contribution in [1.29, 1.82) is 0 Å². The van der Waals surface area contributed by atoms with Gasteiger partial charge in [-0.05, 0) is 18.5 Å². The van der Waals surface area contributed by atoms with E-state index in [1.807, 2.05) is 0 Å². The zero-order valence-electron chi connectivity index (χ0n) is 10.3. The van der Waals surface area contributed by atoms with Gasteiger partial charge < -0.3 is 19.7 Å². The number of carbonyl (C=O) groups excluding carboxylic acids is 1. The molecule has 1 rings (SSSR count). The fourth-order valence-electron chi connectivity index (χ4n) is 1.15. The van der Waals surface area contributed by atoms with Crippen molar-refractivity contribution in [2.75, 3.05) is 13.2 Å². The maximum atomic E-state index is 11.3. The highest BCUT2D eigenvalue weighted by molar-refractivity contribution is 5.77. The number of aryl methyl sites for hydroxylation is 1. The lowest BCUT2D eigenvalue weighted by atomic mass is 10.1. The maximum absolute atomic E-state index is 11.3. The highest BCUT2D eigenvalue weighted by atomic mass is 16.5. The Hall–Kier alpha value is -2.05. The number of aliphatic carboxylic acids is 1. The van der Waals surface area contributed by atoms with Crippen LogP contribution >= 0.6 is 0 Å². The molecule has 0 bridgehead atoms. The van der Waals surface area contributed by atoms with Gasteiger partial charge >= 0.3 is 5.97 Å². The molecule has 0 aliphatic carbocycles. The van der Waals surface area contributed by atoms with Crippen LogP contribution in [0.1, 0.15) is 19.1 Å². The Bertz CT molecular complexity index is 415. The van der Waals surface area contributed by atoms with Gasteiger partial charge in [0, 0.05) is 12.6 Å². The Labute approximate surface area is 104 Å². The van der Waals surface area contributed by atoms with Crippen LogP contribution in [0.5, 0.6) is 5.88 Å². The van der Waals surface area contributed by atoms with E-state index >= 15 is 0 Å². The van der Waals surface area contributed by atoms with E-state index in [9.17, 15) is 9.59 Å². The summed E-state index contributed by atoms with van der Waals surface area (Å²) in [4.78, 5) is 21.9. The van der Waals surface area contributed by atoms with E-state index in [1.165, 1.54) is 0 Å². The first-order chi connectivity index (χ1) is 8.49. The normalized spacial score (nSPS) is 11.9. The van der Waals surface area contributed by atoms with Gasteiger partial charge in [-0.1, -0.05) is 6.92 Å². The molecule has 1 amide bonds. The number of carboxylic acids is 1. The third kappa shape index (κ3) is 4.86. The van der Waals surface area contributed by atoms with Crippen molar-refractivity contribution in [2.24, 2.45) is 5.92 Å². The van der Waals surface area contributed by atoms with Crippen LogP contribution < -0.4 is 10.1 Å². The third-order valence-electron chi connectivity index (χ3n) is 2.28. The second-order valence-corrected chi connectivity index (χ2v) is 3.94. The highest BCUT2D eigenvalue weighted by Crippen LogP contribution is 2.09. The summed E-state index contributed by atoms with van der Waals surface area (Å²) in [5.41, 5.74) is 0. The molecule has 0 aromatic carbocycles. The largest absolute Gasteiger partial charge is 0.481 e. The number of amides is 1. The number of ether oxygens (including phenoxy) is 1. The van der Waals surface area contributed by atoms with Crippen LogP contribution in [0.4, 0.5) is 0 Å². The Morgan fingerprint density at radius 3 is 2.89 bits per heavy atom. The lowest BCUT2D eigenvalue weighted by molar-refractivity contribution is -0.141. The van der Waals surface area contributed by atoms with Crippen LogP contribution in [0.3, 0.4) is 0 Å². The maximum Gasteiger partial charge on any atom is 0.306 e. The summed E-state index contributed by atoms with van der Waals surface area (Å²) in [7, 11) is 0. The molecule has 1 atom stereocenters. The minimum absolute atomic E-state index is 0.173. The molecule has 0 radical (unpaired) electrons. The van der Waals surface area contributed by atoms with Crippen molar-refractivity contribution in [3.63, 3.8) is 0 Å². The molecule has 0 aliphatic rings. The van der Waals surface area contributed by atoms with E-state index in [1.54, 1.807) is 19.9 Å².